The molecule has 0 spiro atoms. The number of halogens is 1. The number of hydrogen-bond acceptors (Lipinski definition) is 3. The van der Waals surface area contributed by atoms with Crippen molar-refractivity contribution in [1.82, 2.24) is 5.32 Å². The predicted molar refractivity (Wildman–Crippen MR) is 81.7 cm³/mol. The van der Waals surface area contributed by atoms with Crippen molar-refractivity contribution in [3.63, 3.8) is 0 Å². The van der Waals surface area contributed by atoms with E-state index in [0.717, 1.165) is 24.6 Å². The Kier molecular flexibility index (Phi) is 5.29. The molecule has 2 atom stereocenters. The minimum Gasteiger partial charge on any atom is -0.507 e. The van der Waals surface area contributed by atoms with Crippen molar-refractivity contribution in [3.8, 4) is 11.5 Å². The standard InChI is InChI=1S/C15H20BrNO3/c1-20-11-6-7-14(18)12(8-11)15(19)17-13-5-3-2-4-10(13)9-16/h6-8,10,13,18H,2-5,9H2,1H3,(H,17,19). The summed E-state index contributed by atoms with van der Waals surface area (Å²) < 4.78 is 5.09. The third-order valence-corrected chi connectivity index (χ3v) is 4.70. The summed E-state index contributed by atoms with van der Waals surface area (Å²) in [6, 6.07) is 4.85. The average Bonchev–Trinajstić information content (AvgIpc) is 2.48. The summed E-state index contributed by atoms with van der Waals surface area (Å²) >= 11 is 3.51. The molecule has 2 unspecified atom stereocenters. The molecule has 5 heteroatoms. The van der Waals surface area contributed by atoms with Crippen LogP contribution in [0, 0.1) is 5.92 Å². The number of methoxy groups -OCH3 is 1. The predicted octanol–water partition coefficient (Wildman–Crippen LogP) is 3.08. The third kappa shape index (κ3) is 3.45. The Hall–Kier alpha value is -1.23. The molecule has 1 aliphatic rings. The van der Waals surface area contributed by atoms with Gasteiger partial charge in [0.2, 0.25) is 0 Å². The lowest BCUT2D eigenvalue weighted by molar-refractivity contribution is 0.0908. The topological polar surface area (TPSA) is 58.6 Å². The minimum absolute atomic E-state index is 0.0190. The molecule has 0 heterocycles. The Morgan fingerprint density at radius 3 is 2.90 bits per heavy atom. The second-order valence-electron chi connectivity index (χ2n) is 5.16. The van der Waals surface area contributed by atoms with Gasteiger partial charge in [-0.05, 0) is 37.0 Å². The fourth-order valence-electron chi connectivity index (χ4n) is 2.65. The molecule has 0 bridgehead atoms. The molecule has 4 nitrogen and oxygen atoms in total. The van der Waals surface area contributed by atoms with Gasteiger partial charge in [-0.1, -0.05) is 28.8 Å². The average molecular weight is 342 g/mol. The highest BCUT2D eigenvalue weighted by Gasteiger charge is 2.26. The Labute approximate surface area is 127 Å². The monoisotopic (exact) mass is 341 g/mol. The molecule has 0 saturated heterocycles. The molecule has 0 radical (unpaired) electrons. The van der Waals surface area contributed by atoms with E-state index in [0.29, 0.717) is 11.7 Å². The van der Waals surface area contributed by atoms with Crippen molar-refractivity contribution in [3.05, 3.63) is 23.8 Å². The van der Waals surface area contributed by atoms with Crippen LogP contribution in [0.4, 0.5) is 0 Å². The number of amides is 1. The number of nitrogens with one attached hydrogen (secondary N) is 1. The van der Waals surface area contributed by atoms with Crippen molar-refractivity contribution in [2.45, 2.75) is 31.7 Å². The minimum atomic E-state index is -0.237. The summed E-state index contributed by atoms with van der Waals surface area (Å²) in [5.41, 5.74) is 0.267. The number of benzene rings is 1. The number of alkyl halides is 1. The number of phenols is 1. The second-order valence-corrected chi connectivity index (χ2v) is 5.81. The van der Waals surface area contributed by atoms with Gasteiger partial charge in [0, 0.05) is 11.4 Å². The van der Waals surface area contributed by atoms with E-state index in [1.165, 1.54) is 19.6 Å². The maximum absolute atomic E-state index is 12.3. The van der Waals surface area contributed by atoms with Crippen molar-refractivity contribution in [2.24, 2.45) is 5.92 Å². The molecule has 2 rings (SSSR count). The van der Waals surface area contributed by atoms with E-state index in [9.17, 15) is 9.90 Å². The smallest absolute Gasteiger partial charge is 0.255 e. The number of phenolic OH excluding ortho intramolecular Hbond substituents is 1. The van der Waals surface area contributed by atoms with Crippen LogP contribution in [0.15, 0.2) is 18.2 Å². The molecule has 110 valence electrons. The fourth-order valence-corrected chi connectivity index (χ4v) is 3.43. The zero-order chi connectivity index (χ0) is 14.5. The van der Waals surface area contributed by atoms with Crippen LogP contribution in [0.5, 0.6) is 11.5 Å². The van der Waals surface area contributed by atoms with E-state index >= 15 is 0 Å². The molecule has 0 aromatic heterocycles. The largest absolute Gasteiger partial charge is 0.507 e. The fraction of sp³-hybridized carbons (Fsp3) is 0.533. The summed E-state index contributed by atoms with van der Waals surface area (Å²) in [7, 11) is 1.54. The molecule has 0 aliphatic heterocycles. The Balaban J connectivity index is 2.11. The molecule has 1 amide bonds. The number of carbonyl (C=O) groups is 1. The number of carbonyl (C=O) groups excluding carboxylic acids is 1. The maximum atomic E-state index is 12.3. The molecule has 2 N–H and O–H groups in total. The molecular weight excluding hydrogens is 322 g/mol. The van der Waals surface area contributed by atoms with Crippen LogP contribution in [0.2, 0.25) is 0 Å². The Morgan fingerprint density at radius 1 is 1.45 bits per heavy atom. The van der Waals surface area contributed by atoms with Gasteiger partial charge in [0.05, 0.1) is 12.7 Å². The van der Waals surface area contributed by atoms with Crippen LogP contribution in [0.25, 0.3) is 0 Å². The number of aromatic hydroxyl groups is 1. The highest BCUT2D eigenvalue weighted by atomic mass is 79.9. The number of ether oxygens (including phenoxy) is 1. The van der Waals surface area contributed by atoms with Crippen LogP contribution in [0.1, 0.15) is 36.0 Å². The van der Waals surface area contributed by atoms with Gasteiger partial charge in [-0.25, -0.2) is 0 Å². The van der Waals surface area contributed by atoms with Crippen molar-refractivity contribution < 1.29 is 14.6 Å². The van der Waals surface area contributed by atoms with E-state index in [1.807, 2.05) is 0 Å². The quantitative estimate of drug-likeness (QED) is 0.827. The van der Waals surface area contributed by atoms with E-state index in [4.69, 9.17) is 4.74 Å². The summed E-state index contributed by atoms with van der Waals surface area (Å²) in [6.07, 6.45) is 4.47. The third-order valence-electron chi connectivity index (χ3n) is 3.87. The summed E-state index contributed by atoms with van der Waals surface area (Å²) in [4.78, 5) is 12.3. The molecule has 20 heavy (non-hydrogen) atoms. The van der Waals surface area contributed by atoms with Crippen LogP contribution in [-0.4, -0.2) is 29.5 Å². The SMILES string of the molecule is COc1ccc(O)c(C(=O)NC2CCCCC2CBr)c1. The first kappa shape index (κ1) is 15.2. The van der Waals surface area contributed by atoms with E-state index < -0.39 is 0 Å². The lowest BCUT2D eigenvalue weighted by Gasteiger charge is -2.31. The normalized spacial score (nSPS) is 22.3. The number of rotatable bonds is 4. The molecule has 1 saturated carbocycles. The Morgan fingerprint density at radius 2 is 2.20 bits per heavy atom. The zero-order valence-corrected chi connectivity index (χ0v) is 13.1. The van der Waals surface area contributed by atoms with E-state index in [-0.39, 0.29) is 23.3 Å². The summed E-state index contributed by atoms with van der Waals surface area (Å²) in [5, 5.41) is 13.8. The highest BCUT2D eigenvalue weighted by Crippen LogP contribution is 2.27. The molecular formula is C15H20BrNO3. The molecule has 1 aromatic rings. The first-order valence-electron chi connectivity index (χ1n) is 6.89. The van der Waals surface area contributed by atoms with Crippen LogP contribution < -0.4 is 10.1 Å². The van der Waals surface area contributed by atoms with Crippen LogP contribution >= 0.6 is 15.9 Å². The van der Waals surface area contributed by atoms with Gasteiger partial charge in [-0.15, -0.1) is 0 Å². The molecule has 1 fully saturated rings. The van der Waals surface area contributed by atoms with Gasteiger partial charge in [0.1, 0.15) is 11.5 Å². The van der Waals surface area contributed by atoms with E-state index in [1.54, 1.807) is 12.1 Å². The zero-order valence-electron chi connectivity index (χ0n) is 11.6. The van der Waals surface area contributed by atoms with Crippen molar-refractivity contribution in [1.29, 1.82) is 0 Å². The Bertz CT molecular complexity index is 478. The lowest BCUT2D eigenvalue weighted by atomic mass is 9.86. The number of hydrogen-bond donors (Lipinski definition) is 2. The van der Waals surface area contributed by atoms with Gasteiger partial charge in [-0.3, -0.25) is 4.79 Å². The first-order valence-corrected chi connectivity index (χ1v) is 8.01. The molecule has 1 aromatic carbocycles. The van der Waals surface area contributed by atoms with Gasteiger partial charge in [-0.2, -0.15) is 0 Å². The highest BCUT2D eigenvalue weighted by molar-refractivity contribution is 9.09. The van der Waals surface area contributed by atoms with Gasteiger partial charge < -0.3 is 15.2 Å². The summed E-state index contributed by atoms with van der Waals surface area (Å²) in [6.45, 7) is 0. The first-order chi connectivity index (χ1) is 9.65. The second kappa shape index (κ2) is 6.97. The van der Waals surface area contributed by atoms with Gasteiger partial charge in [0.25, 0.3) is 5.91 Å². The molecule has 1 aliphatic carbocycles. The maximum Gasteiger partial charge on any atom is 0.255 e. The van der Waals surface area contributed by atoms with E-state index in [2.05, 4.69) is 21.2 Å². The van der Waals surface area contributed by atoms with Crippen LogP contribution in [-0.2, 0) is 0 Å². The van der Waals surface area contributed by atoms with Gasteiger partial charge >= 0.3 is 0 Å². The van der Waals surface area contributed by atoms with Gasteiger partial charge in [0.15, 0.2) is 0 Å². The van der Waals surface area contributed by atoms with Crippen molar-refractivity contribution >= 4 is 21.8 Å². The lowest BCUT2D eigenvalue weighted by Crippen LogP contribution is -2.42. The van der Waals surface area contributed by atoms with Crippen molar-refractivity contribution in [2.75, 3.05) is 12.4 Å². The van der Waals surface area contributed by atoms with Crippen LogP contribution in [0.3, 0.4) is 0 Å². The summed E-state index contributed by atoms with van der Waals surface area (Å²) in [5.74, 6) is 0.767.